The van der Waals surface area contributed by atoms with E-state index < -0.39 is 0 Å². The molecule has 2 aliphatic heterocycles. The van der Waals surface area contributed by atoms with E-state index in [1.54, 1.807) is 0 Å². The molecule has 4 nitrogen and oxygen atoms in total. The van der Waals surface area contributed by atoms with Crippen LogP contribution in [0, 0.1) is 0 Å². The van der Waals surface area contributed by atoms with Crippen LogP contribution in [0.25, 0.3) is 0 Å². The number of hydrogen-bond acceptors (Lipinski definition) is 3. The molecule has 1 aromatic rings. The Bertz CT molecular complexity index is 503. The highest BCUT2D eigenvalue weighted by Crippen LogP contribution is 2.34. The van der Waals surface area contributed by atoms with Gasteiger partial charge in [0.25, 0.3) is 0 Å². The molecule has 0 unspecified atom stereocenters. The topological polar surface area (TPSA) is 35.6 Å². The maximum atomic E-state index is 11.8. The number of hydrogen-bond donors (Lipinski definition) is 1. The van der Waals surface area contributed by atoms with Crippen LogP contribution in [-0.4, -0.2) is 32.1 Å². The SMILES string of the molecule is CCC(=O)Nc1cc(N2CCCC2)ccc1N1CCCC1. The molecule has 2 saturated heterocycles. The molecule has 0 aromatic heterocycles. The highest BCUT2D eigenvalue weighted by atomic mass is 16.1. The minimum atomic E-state index is 0.0917. The van der Waals surface area contributed by atoms with Crippen molar-refractivity contribution in [2.45, 2.75) is 39.0 Å². The lowest BCUT2D eigenvalue weighted by molar-refractivity contribution is -0.115. The highest BCUT2D eigenvalue weighted by Gasteiger charge is 2.19. The third-order valence-corrected chi connectivity index (χ3v) is 4.49. The molecule has 0 saturated carbocycles. The summed E-state index contributed by atoms with van der Waals surface area (Å²) in [6.07, 6.45) is 5.55. The van der Waals surface area contributed by atoms with Crippen molar-refractivity contribution >= 4 is 23.0 Å². The molecule has 3 rings (SSSR count). The Morgan fingerprint density at radius 1 is 1.05 bits per heavy atom. The molecular formula is C17H25N3O. The van der Waals surface area contributed by atoms with Gasteiger partial charge in [0.1, 0.15) is 0 Å². The predicted octanol–water partition coefficient (Wildman–Crippen LogP) is 3.24. The third kappa shape index (κ3) is 3.14. The van der Waals surface area contributed by atoms with Crippen molar-refractivity contribution in [1.82, 2.24) is 0 Å². The first-order valence-electron chi connectivity index (χ1n) is 8.21. The van der Waals surface area contributed by atoms with Crippen LogP contribution in [0.4, 0.5) is 17.1 Å². The van der Waals surface area contributed by atoms with Gasteiger partial charge in [-0.25, -0.2) is 0 Å². The van der Waals surface area contributed by atoms with E-state index >= 15 is 0 Å². The average molecular weight is 287 g/mol. The monoisotopic (exact) mass is 287 g/mol. The van der Waals surface area contributed by atoms with Crippen LogP contribution in [0.1, 0.15) is 39.0 Å². The zero-order valence-electron chi connectivity index (χ0n) is 12.9. The van der Waals surface area contributed by atoms with Crippen LogP contribution >= 0.6 is 0 Å². The van der Waals surface area contributed by atoms with Crippen LogP contribution in [-0.2, 0) is 4.79 Å². The summed E-state index contributed by atoms with van der Waals surface area (Å²) in [4.78, 5) is 16.6. The van der Waals surface area contributed by atoms with Gasteiger partial charge in [-0.15, -0.1) is 0 Å². The minimum absolute atomic E-state index is 0.0917. The van der Waals surface area contributed by atoms with Crippen LogP contribution < -0.4 is 15.1 Å². The second kappa shape index (κ2) is 6.37. The molecule has 1 aromatic carbocycles. The summed E-state index contributed by atoms with van der Waals surface area (Å²) in [7, 11) is 0. The fourth-order valence-corrected chi connectivity index (χ4v) is 3.27. The van der Waals surface area contributed by atoms with E-state index in [-0.39, 0.29) is 5.91 Å². The van der Waals surface area contributed by atoms with Crippen LogP contribution in [0.3, 0.4) is 0 Å². The van der Waals surface area contributed by atoms with Gasteiger partial charge in [0.15, 0.2) is 0 Å². The predicted molar refractivity (Wildman–Crippen MR) is 88.3 cm³/mol. The Hall–Kier alpha value is -1.71. The molecule has 4 heteroatoms. The number of rotatable bonds is 4. The second-order valence-corrected chi connectivity index (χ2v) is 5.99. The summed E-state index contributed by atoms with van der Waals surface area (Å²) in [5.41, 5.74) is 3.40. The van der Waals surface area contributed by atoms with E-state index in [1.165, 1.54) is 37.1 Å². The van der Waals surface area contributed by atoms with Gasteiger partial charge < -0.3 is 15.1 Å². The van der Waals surface area contributed by atoms with Gasteiger partial charge in [-0.2, -0.15) is 0 Å². The Morgan fingerprint density at radius 2 is 1.67 bits per heavy atom. The van der Waals surface area contributed by atoms with Gasteiger partial charge in [-0.3, -0.25) is 4.79 Å². The molecule has 2 heterocycles. The summed E-state index contributed by atoms with van der Waals surface area (Å²) in [5, 5.41) is 3.09. The first kappa shape index (κ1) is 14.2. The molecule has 1 amide bonds. The fraction of sp³-hybridized carbons (Fsp3) is 0.588. The Labute approximate surface area is 127 Å². The first-order chi connectivity index (χ1) is 10.3. The van der Waals surface area contributed by atoms with Crippen molar-refractivity contribution in [1.29, 1.82) is 0 Å². The molecule has 0 aliphatic carbocycles. The number of carbonyl (C=O) groups is 1. The van der Waals surface area contributed by atoms with Crippen molar-refractivity contribution in [2.75, 3.05) is 41.3 Å². The standard InChI is InChI=1S/C17H25N3O/c1-2-17(21)18-15-13-14(19-9-3-4-10-19)7-8-16(15)20-11-5-6-12-20/h7-8,13H,2-6,9-12H2,1H3,(H,18,21). The quantitative estimate of drug-likeness (QED) is 0.923. The van der Waals surface area contributed by atoms with E-state index in [1.807, 2.05) is 6.92 Å². The first-order valence-corrected chi connectivity index (χ1v) is 8.21. The second-order valence-electron chi connectivity index (χ2n) is 5.99. The lowest BCUT2D eigenvalue weighted by Crippen LogP contribution is -2.22. The third-order valence-electron chi connectivity index (χ3n) is 4.49. The van der Waals surface area contributed by atoms with Crippen molar-refractivity contribution in [2.24, 2.45) is 0 Å². The Morgan fingerprint density at radius 3 is 2.29 bits per heavy atom. The molecule has 2 fully saturated rings. The molecule has 0 spiro atoms. The van der Waals surface area contributed by atoms with E-state index in [0.717, 1.165) is 31.9 Å². The normalized spacial score (nSPS) is 18.3. The number of benzene rings is 1. The summed E-state index contributed by atoms with van der Waals surface area (Å²) in [5.74, 6) is 0.0917. The molecule has 0 bridgehead atoms. The van der Waals surface area contributed by atoms with Gasteiger partial charge >= 0.3 is 0 Å². The van der Waals surface area contributed by atoms with E-state index in [2.05, 4.69) is 33.3 Å². The summed E-state index contributed by atoms with van der Waals surface area (Å²) in [6.45, 7) is 6.35. The van der Waals surface area contributed by atoms with Crippen LogP contribution in [0.5, 0.6) is 0 Å². The number of amides is 1. The maximum Gasteiger partial charge on any atom is 0.224 e. The molecule has 0 radical (unpaired) electrons. The van der Waals surface area contributed by atoms with Crippen LogP contribution in [0.15, 0.2) is 18.2 Å². The van der Waals surface area contributed by atoms with Crippen molar-refractivity contribution in [3.05, 3.63) is 18.2 Å². The summed E-state index contributed by atoms with van der Waals surface area (Å²) < 4.78 is 0. The Kier molecular flexibility index (Phi) is 4.32. The van der Waals surface area contributed by atoms with E-state index in [9.17, 15) is 4.79 Å². The van der Waals surface area contributed by atoms with Crippen LogP contribution in [0.2, 0.25) is 0 Å². The lowest BCUT2D eigenvalue weighted by Gasteiger charge is -2.25. The Balaban J connectivity index is 1.88. The van der Waals surface area contributed by atoms with Gasteiger partial charge in [0.05, 0.1) is 11.4 Å². The minimum Gasteiger partial charge on any atom is -0.371 e. The smallest absolute Gasteiger partial charge is 0.224 e. The number of nitrogens with one attached hydrogen (secondary N) is 1. The van der Waals surface area contributed by atoms with Gasteiger partial charge in [0.2, 0.25) is 5.91 Å². The van der Waals surface area contributed by atoms with Crippen molar-refractivity contribution < 1.29 is 4.79 Å². The molecular weight excluding hydrogens is 262 g/mol. The highest BCUT2D eigenvalue weighted by molar-refractivity contribution is 5.95. The van der Waals surface area contributed by atoms with Crippen molar-refractivity contribution in [3.8, 4) is 0 Å². The lowest BCUT2D eigenvalue weighted by atomic mass is 10.2. The largest absolute Gasteiger partial charge is 0.371 e. The zero-order valence-corrected chi connectivity index (χ0v) is 12.9. The van der Waals surface area contributed by atoms with Gasteiger partial charge in [-0.05, 0) is 43.9 Å². The maximum absolute atomic E-state index is 11.8. The zero-order chi connectivity index (χ0) is 14.7. The average Bonchev–Trinajstić information content (AvgIpc) is 3.20. The van der Waals surface area contributed by atoms with Crippen molar-refractivity contribution in [3.63, 3.8) is 0 Å². The number of anilines is 3. The summed E-state index contributed by atoms with van der Waals surface area (Å²) >= 11 is 0. The van der Waals surface area contributed by atoms with E-state index in [0.29, 0.717) is 6.42 Å². The molecule has 2 aliphatic rings. The van der Waals surface area contributed by atoms with E-state index in [4.69, 9.17) is 0 Å². The summed E-state index contributed by atoms with van der Waals surface area (Å²) in [6, 6.07) is 6.55. The fourth-order valence-electron chi connectivity index (χ4n) is 3.27. The molecule has 114 valence electrons. The molecule has 0 atom stereocenters. The van der Waals surface area contributed by atoms with Gasteiger partial charge in [-0.1, -0.05) is 6.92 Å². The molecule has 1 N–H and O–H groups in total. The molecule has 21 heavy (non-hydrogen) atoms. The number of nitrogens with zero attached hydrogens (tertiary/aromatic N) is 2. The van der Waals surface area contributed by atoms with Gasteiger partial charge in [0, 0.05) is 38.3 Å². The number of carbonyl (C=O) groups excluding carboxylic acids is 1.